The molecular formula is C15H13F4NO. The molecule has 0 bridgehead atoms. The van der Waals surface area contributed by atoms with E-state index in [0.717, 1.165) is 12.1 Å². The van der Waals surface area contributed by atoms with Crippen LogP contribution in [0, 0.1) is 11.6 Å². The van der Waals surface area contributed by atoms with Crippen LogP contribution in [0.25, 0.3) is 0 Å². The van der Waals surface area contributed by atoms with Crippen molar-refractivity contribution in [3.05, 3.63) is 65.2 Å². The number of nitrogens with one attached hydrogen (secondary N) is 1. The smallest absolute Gasteiger partial charge is 0.387 e. The molecule has 0 saturated heterocycles. The first-order valence-electron chi connectivity index (χ1n) is 6.19. The van der Waals surface area contributed by atoms with Crippen molar-refractivity contribution in [1.29, 1.82) is 0 Å². The van der Waals surface area contributed by atoms with Gasteiger partial charge in [-0.25, -0.2) is 8.78 Å². The van der Waals surface area contributed by atoms with Crippen molar-refractivity contribution in [2.45, 2.75) is 12.7 Å². The molecule has 0 aliphatic rings. The Labute approximate surface area is 119 Å². The average molecular weight is 299 g/mol. The van der Waals surface area contributed by atoms with Gasteiger partial charge in [-0.3, -0.25) is 0 Å². The monoisotopic (exact) mass is 299 g/mol. The van der Waals surface area contributed by atoms with E-state index in [2.05, 4.69) is 10.1 Å². The van der Waals surface area contributed by atoms with Crippen molar-refractivity contribution in [2.75, 3.05) is 7.05 Å². The Balaban J connectivity index is 2.43. The van der Waals surface area contributed by atoms with Crippen LogP contribution in [0.5, 0.6) is 5.75 Å². The lowest BCUT2D eigenvalue weighted by Gasteiger charge is -2.20. The number of hydrogen-bond acceptors (Lipinski definition) is 2. The van der Waals surface area contributed by atoms with Crippen molar-refractivity contribution < 1.29 is 22.3 Å². The van der Waals surface area contributed by atoms with Crippen LogP contribution in [0.3, 0.4) is 0 Å². The molecule has 1 unspecified atom stereocenters. The van der Waals surface area contributed by atoms with Gasteiger partial charge in [0.15, 0.2) is 11.6 Å². The first-order valence-corrected chi connectivity index (χ1v) is 6.19. The third kappa shape index (κ3) is 3.52. The summed E-state index contributed by atoms with van der Waals surface area (Å²) in [7, 11) is 1.59. The molecule has 2 aromatic carbocycles. The Morgan fingerprint density at radius 1 is 1.00 bits per heavy atom. The molecule has 0 aliphatic heterocycles. The van der Waals surface area contributed by atoms with Gasteiger partial charge in [0.2, 0.25) is 0 Å². The zero-order valence-corrected chi connectivity index (χ0v) is 11.1. The molecular weight excluding hydrogens is 286 g/mol. The van der Waals surface area contributed by atoms with Crippen molar-refractivity contribution >= 4 is 0 Å². The van der Waals surface area contributed by atoms with Crippen LogP contribution in [-0.2, 0) is 0 Å². The maximum atomic E-state index is 13.3. The van der Waals surface area contributed by atoms with Gasteiger partial charge in [0.25, 0.3) is 0 Å². The molecule has 0 fully saturated rings. The predicted octanol–water partition coefficient (Wildman–Crippen LogP) is 3.88. The molecule has 0 aromatic heterocycles. The fourth-order valence-corrected chi connectivity index (χ4v) is 2.12. The van der Waals surface area contributed by atoms with Crippen LogP contribution in [0.1, 0.15) is 17.2 Å². The van der Waals surface area contributed by atoms with Gasteiger partial charge in [-0.1, -0.05) is 24.3 Å². The molecule has 112 valence electrons. The Hall–Kier alpha value is -2.08. The van der Waals surface area contributed by atoms with Crippen LogP contribution in [0.4, 0.5) is 17.6 Å². The first-order chi connectivity index (χ1) is 10.0. The summed E-state index contributed by atoms with van der Waals surface area (Å²) < 4.78 is 55.7. The lowest BCUT2D eigenvalue weighted by atomic mass is 9.98. The van der Waals surface area contributed by atoms with E-state index in [0.29, 0.717) is 11.1 Å². The Morgan fingerprint density at radius 2 is 1.71 bits per heavy atom. The van der Waals surface area contributed by atoms with Gasteiger partial charge in [-0.05, 0) is 30.8 Å². The average Bonchev–Trinajstić information content (AvgIpc) is 2.44. The maximum Gasteiger partial charge on any atom is 0.387 e. The van der Waals surface area contributed by atoms with E-state index in [1.165, 1.54) is 12.1 Å². The first kappa shape index (κ1) is 15.3. The van der Waals surface area contributed by atoms with Gasteiger partial charge in [0, 0.05) is 5.56 Å². The highest BCUT2D eigenvalue weighted by atomic mass is 19.3. The third-order valence-corrected chi connectivity index (χ3v) is 3.01. The number of halogens is 4. The van der Waals surface area contributed by atoms with Crippen molar-refractivity contribution in [3.63, 3.8) is 0 Å². The number of para-hydroxylation sites is 1. The molecule has 0 heterocycles. The molecule has 1 N–H and O–H groups in total. The fraction of sp³-hybridized carbons (Fsp3) is 0.200. The highest BCUT2D eigenvalue weighted by Crippen LogP contribution is 2.31. The van der Waals surface area contributed by atoms with E-state index < -0.39 is 24.3 Å². The Bertz CT molecular complexity index is 618. The van der Waals surface area contributed by atoms with E-state index in [9.17, 15) is 17.6 Å². The van der Waals surface area contributed by atoms with E-state index in [-0.39, 0.29) is 5.75 Å². The normalized spacial score (nSPS) is 12.5. The van der Waals surface area contributed by atoms with Crippen molar-refractivity contribution in [3.8, 4) is 5.75 Å². The van der Waals surface area contributed by atoms with Crippen LogP contribution < -0.4 is 10.1 Å². The topological polar surface area (TPSA) is 21.3 Å². The minimum Gasteiger partial charge on any atom is -0.434 e. The molecule has 0 radical (unpaired) electrons. The number of rotatable bonds is 5. The zero-order chi connectivity index (χ0) is 15.4. The molecule has 0 saturated carbocycles. The molecule has 21 heavy (non-hydrogen) atoms. The second-order valence-corrected chi connectivity index (χ2v) is 4.31. The quantitative estimate of drug-likeness (QED) is 0.846. The molecule has 2 aromatic rings. The number of benzene rings is 2. The van der Waals surface area contributed by atoms with Crippen molar-refractivity contribution in [1.82, 2.24) is 5.32 Å². The highest BCUT2D eigenvalue weighted by Gasteiger charge is 2.19. The summed E-state index contributed by atoms with van der Waals surface area (Å²) in [6.45, 7) is -2.96. The summed E-state index contributed by atoms with van der Waals surface area (Å²) in [5.74, 6) is -1.98. The van der Waals surface area contributed by atoms with Crippen molar-refractivity contribution in [2.24, 2.45) is 0 Å². The molecule has 2 rings (SSSR count). The van der Waals surface area contributed by atoms with E-state index in [1.807, 2.05) is 0 Å². The lowest BCUT2D eigenvalue weighted by molar-refractivity contribution is -0.0506. The summed E-state index contributed by atoms with van der Waals surface area (Å²) in [5, 5.41) is 2.88. The molecule has 0 amide bonds. The largest absolute Gasteiger partial charge is 0.434 e. The minimum atomic E-state index is -2.96. The molecule has 1 atom stereocenters. The summed E-state index contributed by atoms with van der Waals surface area (Å²) in [6, 6.07) is 8.98. The van der Waals surface area contributed by atoms with Crippen LogP contribution >= 0.6 is 0 Å². The number of ether oxygens (including phenoxy) is 1. The molecule has 0 spiro atoms. The Kier molecular flexibility index (Phi) is 4.80. The summed E-state index contributed by atoms with van der Waals surface area (Å²) in [6.07, 6.45) is 0. The molecule has 6 heteroatoms. The van der Waals surface area contributed by atoms with Gasteiger partial charge in [-0.15, -0.1) is 0 Å². The maximum absolute atomic E-state index is 13.3. The van der Waals surface area contributed by atoms with E-state index >= 15 is 0 Å². The van der Waals surface area contributed by atoms with Crippen LogP contribution in [-0.4, -0.2) is 13.7 Å². The van der Waals surface area contributed by atoms with Gasteiger partial charge >= 0.3 is 6.61 Å². The molecule has 2 nitrogen and oxygen atoms in total. The third-order valence-electron chi connectivity index (χ3n) is 3.01. The SMILES string of the molecule is CNC(c1ccc(F)c(F)c1)c1ccccc1OC(F)F. The summed E-state index contributed by atoms with van der Waals surface area (Å²) in [4.78, 5) is 0. The van der Waals surface area contributed by atoms with Crippen LogP contribution in [0.15, 0.2) is 42.5 Å². The van der Waals surface area contributed by atoms with E-state index in [1.54, 1.807) is 25.2 Å². The van der Waals surface area contributed by atoms with E-state index in [4.69, 9.17) is 0 Å². The summed E-state index contributed by atoms with van der Waals surface area (Å²) in [5.41, 5.74) is 0.813. The zero-order valence-electron chi connectivity index (χ0n) is 11.1. The van der Waals surface area contributed by atoms with Crippen LogP contribution in [0.2, 0.25) is 0 Å². The summed E-state index contributed by atoms with van der Waals surface area (Å²) >= 11 is 0. The van der Waals surface area contributed by atoms with Gasteiger partial charge in [0.05, 0.1) is 6.04 Å². The number of hydrogen-bond donors (Lipinski definition) is 1. The second kappa shape index (κ2) is 6.58. The standard InChI is InChI=1S/C15H13F4NO/c1-20-14(9-6-7-11(16)12(17)8-9)10-4-2-3-5-13(10)21-15(18)19/h2-8,14-15,20H,1H3. The van der Waals surface area contributed by atoms with Gasteiger partial charge < -0.3 is 10.1 Å². The lowest BCUT2D eigenvalue weighted by Crippen LogP contribution is -2.19. The highest BCUT2D eigenvalue weighted by molar-refractivity contribution is 5.41. The molecule has 0 aliphatic carbocycles. The predicted molar refractivity (Wildman–Crippen MR) is 70.3 cm³/mol. The number of alkyl halides is 2. The minimum absolute atomic E-state index is 0.0171. The second-order valence-electron chi connectivity index (χ2n) is 4.31. The van der Waals surface area contributed by atoms with Gasteiger partial charge in [0.1, 0.15) is 5.75 Å². The fourth-order valence-electron chi connectivity index (χ4n) is 2.12. The van der Waals surface area contributed by atoms with Gasteiger partial charge in [-0.2, -0.15) is 8.78 Å². The Morgan fingerprint density at radius 3 is 2.33 bits per heavy atom.